The van der Waals surface area contributed by atoms with Crippen molar-refractivity contribution in [2.75, 3.05) is 33.9 Å². The van der Waals surface area contributed by atoms with Crippen molar-refractivity contribution in [3.8, 4) is 11.5 Å². The number of benzene rings is 1. The van der Waals surface area contributed by atoms with Gasteiger partial charge in [-0.2, -0.15) is 0 Å². The molecule has 1 aromatic carbocycles. The Balaban J connectivity index is 2.42. The average molecular weight is 292 g/mol. The van der Waals surface area contributed by atoms with E-state index in [1.807, 2.05) is 12.1 Å². The molecule has 2 unspecified atom stereocenters. The van der Waals surface area contributed by atoms with E-state index < -0.39 is 0 Å². The topological polar surface area (TPSA) is 47.7 Å². The van der Waals surface area contributed by atoms with Crippen molar-refractivity contribution in [3.05, 3.63) is 23.8 Å². The summed E-state index contributed by atoms with van der Waals surface area (Å²) in [4.78, 5) is 2.54. The lowest BCUT2D eigenvalue weighted by Crippen LogP contribution is -2.35. The molecular weight excluding hydrogens is 264 g/mol. The second-order valence-electron chi connectivity index (χ2n) is 5.67. The molecule has 2 rings (SSSR count). The van der Waals surface area contributed by atoms with Gasteiger partial charge in [0, 0.05) is 17.7 Å². The highest BCUT2D eigenvalue weighted by atomic mass is 16.5. The first-order valence-corrected chi connectivity index (χ1v) is 7.91. The van der Waals surface area contributed by atoms with E-state index in [-0.39, 0.29) is 0 Å². The van der Waals surface area contributed by atoms with Gasteiger partial charge in [-0.3, -0.25) is 4.90 Å². The Labute approximate surface area is 128 Å². The highest BCUT2D eigenvalue weighted by Crippen LogP contribution is 2.40. The second-order valence-corrected chi connectivity index (χ2v) is 5.67. The lowest BCUT2D eigenvalue weighted by Gasteiger charge is -2.35. The lowest BCUT2D eigenvalue weighted by molar-refractivity contribution is 0.163. The lowest BCUT2D eigenvalue weighted by atomic mass is 9.88. The zero-order valence-corrected chi connectivity index (χ0v) is 13.5. The van der Waals surface area contributed by atoms with E-state index in [4.69, 9.17) is 15.2 Å². The molecule has 4 nitrogen and oxygen atoms in total. The molecule has 118 valence electrons. The van der Waals surface area contributed by atoms with Crippen molar-refractivity contribution in [2.24, 2.45) is 11.7 Å². The number of likely N-dealkylation sites (tertiary alicyclic amines) is 1. The van der Waals surface area contributed by atoms with Crippen LogP contribution in [0, 0.1) is 5.92 Å². The molecule has 0 saturated carbocycles. The van der Waals surface area contributed by atoms with Gasteiger partial charge in [-0.05, 0) is 44.5 Å². The third kappa shape index (κ3) is 3.50. The van der Waals surface area contributed by atoms with Crippen LogP contribution in [0.15, 0.2) is 18.2 Å². The molecule has 0 amide bonds. The Hall–Kier alpha value is -1.26. The molecule has 0 spiro atoms. The predicted octanol–water partition coefficient (Wildman–Crippen LogP) is 2.83. The predicted molar refractivity (Wildman–Crippen MR) is 85.9 cm³/mol. The molecule has 0 bridgehead atoms. The fourth-order valence-electron chi connectivity index (χ4n) is 3.43. The molecule has 0 aliphatic carbocycles. The third-order valence-corrected chi connectivity index (χ3v) is 4.58. The van der Waals surface area contributed by atoms with Gasteiger partial charge in [0.15, 0.2) is 0 Å². The molecule has 2 N–H and O–H groups in total. The van der Waals surface area contributed by atoms with E-state index in [0.29, 0.717) is 12.0 Å². The number of hydrogen-bond acceptors (Lipinski definition) is 4. The molecule has 4 heteroatoms. The SMILES string of the molecule is CCN1CCCCC(CN)C1c1ccc(OC)cc1OC. The van der Waals surface area contributed by atoms with Crippen LogP contribution < -0.4 is 15.2 Å². The highest BCUT2D eigenvalue weighted by Gasteiger charge is 2.31. The minimum atomic E-state index is 0.336. The van der Waals surface area contributed by atoms with Gasteiger partial charge < -0.3 is 15.2 Å². The molecular formula is C17H28N2O2. The van der Waals surface area contributed by atoms with Crippen molar-refractivity contribution in [1.82, 2.24) is 4.90 Å². The average Bonchev–Trinajstić information content (AvgIpc) is 2.75. The van der Waals surface area contributed by atoms with Gasteiger partial charge in [-0.15, -0.1) is 0 Å². The van der Waals surface area contributed by atoms with Crippen LogP contribution >= 0.6 is 0 Å². The van der Waals surface area contributed by atoms with Crippen LogP contribution in [-0.2, 0) is 0 Å². The van der Waals surface area contributed by atoms with E-state index in [1.54, 1.807) is 14.2 Å². The zero-order valence-electron chi connectivity index (χ0n) is 13.5. The number of rotatable bonds is 5. The van der Waals surface area contributed by atoms with Crippen molar-refractivity contribution in [3.63, 3.8) is 0 Å². The number of nitrogens with zero attached hydrogens (tertiary/aromatic N) is 1. The third-order valence-electron chi connectivity index (χ3n) is 4.58. The minimum Gasteiger partial charge on any atom is -0.497 e. The standard InChI is InChI=1S/C17H28N2O2/c1-4-19-10-6-5-7-13(12-18)17(19)15-9-8-14(20-2)11-16(15)21-3/h8-9,11,13,17H,4-7,10,12,18H2,1-3H3. The summed E-state index contributed by atoms with van der Waals surface area (Å²) < 4.78 is 10.9. The fraction of sp³-hybridized carbons (Fsp3) is 0.647. The first-order valence-electron chi connectivity index (χ1n) is 7.91. The minimum absolute atomic E-state index is 0.336. The zero-order chi connectivity index (χ0) is 15.2. The monoisotopic (exact) mass is 292 g/mol. The maximum atomic E-state index is 6.07. The largest absolute Gasteiger partial charge is 0.497 e. The summed E-state index contributed by atoms with van der Waals surface area (Å²) in [6.07, 6.45) is 3.69. The Morgan fingerprint density at radius 1 is 1.24 bits per heavy atom. The van der Waals surface area contributed by atoms with Crippen molar-refractivity contribution in [1.29, 1.82) is 0 Å². The first kappa shape index (κ1) is 16.1. The number of hydrogen-bond donors (Lipinski definition) is 1. The van der Waals surface area contributed by atoms with Crippen LogP contribution in [0.2, 0.25) is 0 Å². The number of nitrogens with two attached hydrogens (primary N) is 1. The summed E-state index contributed by atoms with van der Waals surface area (Å²) in [5.41, 5.74) is 7.31. The Morgan fingerprint density at radius 3 is 2.67 bits per heavy atom. The second kappa shape index (κ2) is 7.66. The molecule has 1 aliphatic heterocycles. The van der Waals surface area contributed by atoms with Gasteiger partial charge >= 0.3 is 0 Å². The van der Waals surface area contributed by atoms with Gasteiger partial charge in [0.1, 0.15) is 11.5 Å². The van der Waals surface area contributed by atoms with Crippen LogP contribution in [-0.4, -0.2) is 38.8 Å². The molecule has 0 radical (unpaired) electrons. The van der Waals surface area contributed by atoms with Gasteiger partial charge in [0.05, 0.1) is 14.2 Å². The van der Waals surface area contributed by atoms with E-state index in [1.165, 1.54) is 24.8 Å². The molecule has 1 aliphatic rings. The Kier molecular flexibility index (Phi) is 5.88. The summed E-state index contributed by atoms with van der Waals surface area (Å²) in [5, 5.41) is 0. The van der Waals surface area contributed by atoms with Crippen LogP contribution in [0.1, 0.15) is 37.8 Å². The fourth-order valence-corrected chi connectivity index (χ4v) is 3.43. The summed E-state index contributed by atoms with van der Waals surface area (Å²) >= 11 is 0. The van der Waals surface area contributed by atoms with Gasteiger partial charge in [-0.1, -0.05) is 19.4 Å². The van der Waals surface area contributed by atoms with Gasteiger partial charge in [-0.25, -0.2) is 0 Å². The van der Waals surface area contributed by atoms with Crippen molar-refractivity contribution >= 4 is 0 Å². The van der Waals surface area contributed by atoms with Crippen molar-refractivity contribution < 1.29 is 9.47 Å². The Morgan fingerprint density at radius 2 is 2.05 bits per heavy atom. The molecule has 1 fully saturated rings. The van der Waals surface area contributed by atoms with Crippen LogP contribution in [0.3, 0.4) is 0 Å². The van der Waals surface area contributed by atoms with Crippen LogP contribution in [0.5, 0.6) is 11.5 Å². The normalized spacial score (nSPS) is 23.6. The van der Waals surface area contributed by atoms with Crippen LogP contribution in [0.25, 0.3) is 0 Å². The smallest absolute Gasteiger partial charge is 0.127 e. The number of methoxy groups -OCH3 is 2. The number of ether oxygens (including phenoxy) is 2. The first-order chi connectivity index (χ1) is 10.2. The van der Waals surface area contributed by atoms with E-state index >= 15 is 0 Å². The summed E-state index contributed by atoms with van der Waals surface area (Å²) in [6.45, 7) is 5.11. The van der Waals surface area contributed by atoms with Gasteiger partial charge in [0.25, 0.3) is 0 Å². The quantitative estimate of drug-likeness (QED) is 0.906. The van der Waals surface area contributed by atoms with Crippen molar-refractivity contribution in [2.45, 2.75) is 32.2 Å². The molecule has 1 aromatic rings. The summed E-state index contributed by atoms with van der Waals surface area (Å²) in [5.74, 6) is 2.21. The maximum Gasteiger partial charge on any atom is 0.127 e. The maximum absolute atomic E-state index is 6.07. The Bertz CT molecular complexity index is 436. The molecule has 21 heavy (non-hydrogen) atoms. The van der Waals surface area contributed by atoms with E-state index in [2.05, 4.69) is 17.9 Å². The summed E-state index contributed by atoms with van der Waals surface area (Å²) in [6, 6.07) is 6.47. The molecule has 1 saturated heterocycles. The molecule has 1 heterocycles. The van der Waals surface area contributed by atoms with Gasteiger partial charge in [0.2, 0.25) is 0 Å². The molecule has 0 aromatic heterocycles. The van der Waals surface area contributed by atoms with E-state index in [0.717, 1.165) is 31.1 Å². The van der Waals surface area contributed by atoms with Crippen LogP contribution in [0.4, 0.5) is 0 Å². The highest BCUT2D eigenvalue weighted by molar-refractivity contribution is 5.43. The molecule has 2 atom stereocenters. The van der Waals surface area contributed by atoms with E-state index in [9.17, 15) is 0 Å². The summed E-state index contributed by atoms with van der Waals surface area (Å²) in [7, 11) is 3.41.